The zero-order valence-electron chi connectivity index (χ0n) is 9.64. The van der Waals surface area contributed by atoms with Gasteiger partial charge >= 0.3 is 0 Å². The van der Waals surface area contributed by atoms with Gasteiger partial charge in [0.05, 0.1) is 4.90 Å². The first-order valence-electron chi connectivity index (χ1n) is 5.10. The van der Waals surface area contributed by atoms with Crippen LogP contribution in [-0.2, 0) is 10.0 Å². The van der Waals surface area contributed by atoms with Gasteiger partial charge in [-0.05, 0) is 18.2 Å². The van der Waals surface area contributed by atoms with E-state index in [1.807, 2.05) is 0 Å². The summed E-state index contributed by atoms with van der Waals surface area (Å²) in [5, 5.41) is 0.552. The first-order chi connectivity index (χ1) is 8.41. The lowest BCUT2D eigenvalue weighted by atomic mass is 10.4. The molecule has 1 rings (SSSR count). The van der Waals surface area contributed by atoms with Crippen LogP contribution in [0.15, 0.2) is 48.4 Å². The molecule has 0 amide bonds. The lowest BCUT2D eigenvalue weighted by Gasteiger charge is -2.19. The molecule has 1 aromatic carbocycles. The van der Waals surface area contributed by atoms with Crippen molar-refractivity contribution in [3.05, 3.63) is 53.6 Å². The molecule has 0 spiro atoms. The van der Waals surface area contributed by atoms with E-state index in [0.29, 0.717) is 0 Å². The van der Waals surface area contributed by atoms with Crippen molar-refractivity contribution < 1.29 is 8.42 Å². The predicted molar refractivity (Wildman–Crippen MR) is 75.6 cm³/mol. The predicted octanol–water partition coefficient (Wildman–Crippen LogP) is 3.36. The van der Waals surface area contributed by atoms with Crippen LogP contribution in [0.25, 0.3) is 0 Å². The highest BCUT2D eigenvalue weighted by molar-refractivity contribution is 7.89. The molecule has 0 N–H and O–H groups in total. The van der Waals surface area contributed by atoms with E-state index in [9.17, 15) is 8.42 Å². The molecule has 0 aliphatic carbocycles. The van der Waals surface area contributed by atoms with Gasteiger partial charge in [0.2, 0.25) is 10.0 Å². The number of sulfonamides is 1. The molecule has 0 atom stereocenters. The molecule has 0 radical (unpaired) electrons. The fourth-order valence-corrected chi connectivity index (χ4v) is 3.49. The van der Waals surface area contributed by atoms with Gasteiger partial charge in [0.1, 0.15) is 0 Å². The van der Waals surface area contributed by atoms with Crippen LogP contribution >= 0.6 is 23.2 Å². The maximum Gasteiger partial charge on any atom is 0.243 e. The number of nitrogens with zero attached hydrogens (tertiary/aromatic N) is 1. The summed E-state index contributed by atoms with van der Waals surface area (Å²) < 4.78 is 25.9. The monoisotopic (exact) mass is 305 g/mol. The van der Waals surface area contributed by atoms with Crippen molar-refractivity contribution in [1.82, 2.24) is 4.31 Å². The maximum atomic E-state index is 12.3. The molecular formula is C12H13Cl2NO2S. The molecule has 0 unspecified atom stereocenters. The van der Waals surface area contributed by atoms with Crippen molar-refractivity contribution in [3.63, 3.8) is 0 Å². The third kappa shape index (κ3) is 3.59. The second-order valence-electron chi connectivity index (χ2n) is 3.50. The second-order valence-corrected chi connectivity index (χ2v) is 6.32. The summed E-state index contributed by atoms with van der Waals surface area (Å²) in [6.07, 6.45) is 3.01. The molecule has 3 nitrogen and oxygen atoms in total. The first-order valence-corrected chi connectivity index (χ1v) is 7.29. The smallest absolute Gasteiger partial charge is 0.207 e. The van der Waals surface area contributed by atoms with Crippen LogP contribution in [0.5, 0.6) is 0 Å². The Labute approximate surface area is 117 Å². The van der Waals surface area contributed by atoms with E-state index in [1.165, 1.54) is 34.7 Å². The number of rotatable bonds is 6. The topological polar surface area (TPSA) is 37.4 Å². The summed E-state index contributed by atoms with van der Waals surface area (Å²) in [6.45, 7) is 7.45. The van der Waals surface area contributed by atoms with E-state index < -0.39 is 10.0 Å². The average Bonchev–Trinajstić information content (AvgIpc) is 2.27. The highest BCUT2D eigenvalue weighted by atomic mass is 35.5. The fraction of sp³-hybridized carbons (Fsp3) is 0.167. The van der Waals surface area contributed by atoms with Crippen LogP contribution < -0.4 is 0 Å². The highest BCUT2D eigenvalue weighted by Gasteiger charge is 2.23. The Hall–Kier alpha value is -0.810. The van der Waals surface area contributed by atoms with Crippen molar-refractivity contribution in [2.45, 2.75) is 4.90 Å². The van der Waals surface area contributed by atoms with Gasteiger partial charge in [-0.2, -0.15) is 4.31 Å². The largest absolute Gasteiger partial charge is 0.243 e. The number of benzene rings is 1. The van der Waals surface area contributed by atoms with E-state index in [1.54, 1.807) is 0 Å². The van der Waals surface area contributed by atoms with Gasteiger partial charge in [-0.1, -0.05) is 35.4 Å². The standard InChI is InChI=1S/C12H13Cl2NO2S/c1-3-5-15(6-4-2)18(16,17)12-8-10(13)7-11(14)9-12/h3-4,7-9H,1-2,5-6H2. The van der Waals surface area contributed by atoms with E-state index in [4.69, 9.17) is 23.2 Å². The van der Waals surface area contributed by atoms with E-state index in [2.05, 4.69) is 13.2 Å². The highest BCUT2D eigenvalue weighted by Crippen LogP contribution is 2.24. The maximum absolute atomic E-state index is 12.3. The van der Waals surface area contributed by atoms with Crippen molar-refractivity contribution in [3.8, 4) is 0 Å². The summed E-state index contributed by atoms with van der Waals surface area (Å²) in [5.74, 6) is 0. The molecule has 0 saturated carbocycles. The first kappa shape index (κ1) is 15.2. The summed E-state index contributed by atoms with van der Waals surface area (Å²) in [7, 11) is -3.65. The molecular weight excluding hydrogens is 293 g/mol. The minimum Gasteiger partial charge on any atom is -0.207 e. The van der Waals surface area contributed by atoms with Gasteiger partial charge in [-0.15, -0.1) is 13.2 Å². The minimum absolute atomic E-state index is 0.0590. The van der Waals surface area contributed by atoms with Crippen LogP contribution in [-0.4, -0.2) is 25.8 Å². The third-order valence-electron chi connectivity index (χ3n) is 2.14. The quantitative estimate of drug-likeness (QED) is 0.756. The van der Waals surface area contributed by atoms with Gasteiger partial charge in [0, 0.05) is 23.1 Å². The zero-order chi connectivity index (χ0) is 13.8. The van der Waals surface area contributed by atoms with Crippen LogP contribution in [0.2, 0.25) is 10.0 Å². The van der Waals surface area contributed by atoms with Crippen molar-refractivity contribution in [2.24, 2.45) is 0 Å². The zero-order valence-corrected chi connectivity index (χ0v) is 12.0. The number of halogens is 2. The SMILES string of the molecule is C=CCN(CC=C)S(=O)(=O)c1cc(Cl)cc(Cl)c1. The molecule has 0 saturated heterocycles. The molecule has 1 aromatic rings. The number of hydrogen-bond donors (Lipinski definition) is 0. The average molecular weight is 306 g/mol. The summed E-state index contributed by atoms with van der Waals surface area (Å²) in [4.78, 5) is 0.0590. The Morgan fingerprint density at radius 3 is 1.89 bits per heavy atom. The Morgan fingerprint density at radius 2 is 1.50 bits per heavy atom. The molecule has 0 fully saturated rings. The van der Waals surface area contributed by atoms with Crippen LogP contribution in [0.1, 0.15) is 0 Å². The van der Waals surface area contributed by atoms with E-state index >= 15 is 0 Å². The Balaban J connectivity index is 3.24. The molecule has 0 aliphatic rings. The Kier molecular flexibility index (Phi) is 5.41. The van der Waals surface area contributed by atoms with Crippen LogP contribution in [0.4, 0.5) is 0 Å². The van der Waals surface area contributed by atoms with Gasteiger partial charge in [-0.3, -0.25) is 0 Å². The van der Waals surface area contributed by atoms with Gasteiger partial charge in [0.15, 0.2) is 0 Å². The normalized spacial score (nSPS) is 11.5. The molecule has 0 bridgehead atoms. The van der Waals surface area contributed by atoms with E-state index in [-0.39, 0.29) is 28.0 Å². The molecule has 0 aliphatic heterocycles. The lowest BCUT2D eigenvalue weighted by Crippen LogP contribution is -2.31. The molecule has 98 valence electrons. The van der Waals surface area contributed by atoms with Gasteiger partial charge in [0.25, 0.3) is 0 Å². The Bertz CT molecular complexity index is 525. The van der Waals surface area contributed by atoms with Crippen molar-refractivity contribution in [1.29, 1.82) is 0 Å². The van der Waals surface area contributed by atoms with E-state index in [0.717, 1.165) is 0 Å². The molecule has 0 heterocycles. The molecule has 18 heavy (non-hydrogen) atoms. The lowest BCUT2D eigenvalue weighted by molar-refractivity contribution is 0.474. The fourth-order valence-electron chi connectivity index (χ4n) is 1.39. The van der Waals surface area contributed by atoms with Crippen molar-refractivity contribution in [2.75, 3.05) is 13.1 Å². The Morgan fingerprint density at radius 1 is 1.06 bits per heavy atom. The summed E-state index contributed by atoms with van der Waals surface area (Å²) in [6, 6.07) is 4.21. The summed E-state index contributed by atoms with van der Waals surface area (Å²) >= 11 is 11.6. The molecule has 0 aromatic heterocycles. The van der Waals surface area contributed by atoms with Crippen LogP contribution in [0.3, 0.4) is 0 Å². The van der Waals surface area contributed by atoms with Crippen molar-refractivity contribution >= 4 is 33.2 Å². The van der Waals surface area contributed by atoms with Crippen LogP contribution in [0, 0.1) is 0 Å². The molecule has 6 heteroatoms. The number of hydrogen-bond acceptors (Lipinski definition) is 2. The summed E-state index contributed by atoms with van der Waals surface area (Å²) in [5.41, 5.74) is 0. The van der Waals surface area contributed by atoms with Gasteiger partial charge < -0.3 is 0 Å². The minimum atomic E-state index is -3.65. The van der Waals surface area contributed by atoms with Gasteiger partial charge in [-0.25, -0.2) is 8.42 Å². The second kappa shape index (κ2) is 6.38. The third-order valence-corrected chi connectivity index (χ3v) is 4.39.